The van der Waals surface area contributed by atoms with Gasteiger partial charge in [-0.05, 0) is 42.0 Å². The molecule has 1 amide bonds. The maximum Gasteiger partial charge on any atom is 0.234 e. The fourth-order valence-corrected chi connectivity index (χ4v) is 3.78. The molecule has 0 radical (unpaired) electrons. The Balaban J connectivity index is 1.88. The molecule has 0 spiro atoms. The summed E-state index contributed by atoms with van der Waals surface area (Å²) in [4.78, 5) is 15.3. The molecule has 1 unspecified atom stereocenters. The van der Waals surface area contributed by atoms with Gasteiger partial charge < -0.3 is 4.90 Å². The van der Waals surface area contributed by atoms with Crippen molar-refractivity contribution >= 4 is 11.6 Å². The summed E-state index contributed by atoms with van der Waals surface area (Å²) in [6, 6.07) is 17.0. The third-order valence-corrected chi connectivity index (χ3v) is 5.27. The van der Waals surface area contributed by atoms with Crippen molar-refractivity contribution in [2.45, 2.75) is 58.3 Å². The van der Waals surface area contributed by atoms with Crippen molar-refractivity contribution in [3.8, 4) is 0 Å². The molecule has 132 valence electrons. The molecule has 0 saturated carbocycles. The van der Waals surface area contributed by atoms with Crippen molar-refractivity contribution in [3.63, 3.8) is 0 Å². The quantitative estimate of drug-likeness (QED) is 0.612. The Bertz CT molecular complexity index is 722. The van der Waals surface area contributed by atoms with Gasteiger partial charge in [0.05, 0.1) is 5.92 Å². The lowest BCUT2D eigenvalue weighted by Gasteiger charge is -2.34. The molecule has 0 N–H and O–H groups in total. The standard InChI is InChI=1S/C23H29NO/c1-3-5-6-9-15-24-22-14-8-7-12-20(22)17-21(23(24)25)19-13-10-11-18(4-2)16-19/h7-8,10-14,16,21H,3-6,9,15,17H2,1-2H3. The first-order chi connectivity index (χ1) is 12.2. The lowest BCUT2D eigenvalue weighted by Crippen LogP contribution is -2.40. The number of hydrogen-bond acceptors (Lipinski definition) is 1. The topological polar surface area (TPSA) is 20.3 Å². The smallest absolute Gasteiger partial charge is 0.234 e. The predicted octanol–water partition coefficient (Wildman–Crippen LogP) is 5.50. The van der Waals surface area contributed by atoms with E-state index in [9.17, 15) is 4.79 Å². The molecular formula is C23H29NO. The van der Waals surface area contributed by atoms with Crippen LogP contribution in [0.3, 0.4) is 0 Å². The molecule has 0 aliphatic carbocycles. The number of benzene rings is 2. The van der Waals surface area contributed by atoms with Crippen LogP contribution in [-0.2, 0) is 17.6 Å². The summed E-state index contributed by atoms with van der Waals surface area (Å²) in [7, 11) is 0. The highest BCUT2D eigenvalue weighted by molar-refractivity contribution is 6.01. The second-order valence-corrected chi connectivity index (χ2v) is 7.03. The predicted molar refractivity (Wildman–Crippen MR) is 105 cm³/mol. The number of amides is 1. The molecule has 1 atom stereocenters. The second kappa shape index (κ2) is 8.33. The zero-order valence-electron chi connectivity index (χ0n) is 15.5. The molecule has 0 fully saturated rings. The van der Waals surface area contributed by atoms with Crippen LogP contribution in [0.2, 0.25) is 0 Å². The third-order valence-electron chi connectivity index (χ3n) is 5.27. The molecule has 25 heavy (non-hydrogen) atoms. The van der Waals surface area contributed by atoms with Gasteiger partial charge in [0, 0.05) is 12.2 Å². The average Bonchev–Trinajstić information content (AvgIpc) is 2.66. The van der Waals surface area contributed by atoms with E-state index in [-0.39, 0.29) is 11.8 Å². The lowest BCUT2D eigenvalue weighted by atomic mass is 9.85. The highest BCUT2D eigenvalue weighted by atomic mass is 16.2. The molecule has 0 saturated heterocycles. The summed E-state index contributed by atoms with van der Waals surface area (Å²) in [6.07, 6.45) is 6.55. The minimum atomic E-state index is -0.0485. The molecule has 2 aromatic rings. The number of carbonyl (C=O) groups is 1. The number of rotatable bonds is 7. The number of unbranched alkanes of at least 4 members (excludes halogenated alkanes) is 3. The first kappa shape index (κ1) is 17.7. The van der Waals surface area contributed by atoms with Crippen molar-refractivity contribution in [3.05, 3.63) is 65.2 Å². The Kier molecular flexibility index (Phi) is 5.91. The van der Waals surface area contributed by atoms with E-state index in [4.69, 9.17) is 0 Å². The Morgan fingerprint density at radius 2 is 1.84 bits per heavy atom. The first-order valence-electron chi connectivity index (χ1n) is 9.72. The summed E-state index contributed by atoms with van der Waals surface area (Å²) in [5, 5.41) is 0. The van der Waals surface area contributed by atoms with Crippen molar-refractivity contribution in [2.24, 2.45) is 0 Å². The van der Waals surface area contributed by atoms with Crippen LogP contribution < -0.4 is 4.90 Å². The molecule has 1 aliphatic heterocycles. The van der Waals surface area contributed by atoms with Crippen LogP contribution >= 0.6 is 0 Å². The number of para-hydroxylation sites is 1. The van der Waals surface area contributed by atoms with E-state index < -0.39 is 0 Å². The van der Waals surface area contributed by atoms with E-state index in [0.29, 0.717) is 0 Å². The van der Waals surface area contributed by atoms with Crippen LogP contribution in [0.5, 0.6) is 0 Å². The van der Waals surface area contributed by atoms with Gasteiger partial charge in [-0.25, -0.2) is 0 Å². The molecule has 3 rings (SSSR count). The second-order valence-electron chi connectivity index (χ2n) is 7.03. The largest absolute Gasteiger partial charge is 0.312 e. The molecule has 0 bridgehead atoms. The van der Waals surface area contributed by atoms with Gasteiger partial charge in [-0.2, -0.15) is 0 Å². The monoisotopic (exact) mass is 335 g/mol. The Morgan fingerprint density at radius 3 is 2.64 bits per heavy atom. The summed E-state index contributed by atoms with van der Waals surface area (Å²) >= 11 is 0. The Hall–Kier alpha value is -2.09. The van der Waals surface area contributed by atoms with E-state index >= 15 is 0 Å². The highest BCUT2D eigenvalue weighted by Gasteiger charge is 2.33. The van der Waals surface area contributed by atoms with Crippen molar-refractivity contribution in [1.29, 1.82) is 0 Å². The summed E-state index contributed by atoms with van der Waals surface area (Å²) in [5.41, 5.74) is 4.88. The zero-order chi connectivity index (χ0) is 17.6. The minimum absolute atomic E-state index is 0.0485. The van der Waals surface area contributed by atoms with E-state index in [1.165, 1.54) is 30.4 Å². The fraction of sp³-hybridized carbons (Fsp3) is 0.435. The van der Waals surface area contributed by atoms with Crippen LogP contribution in [0.1, 0.15) is 62.1 Å². The lowest BCUT2D eigenvalue weighted by molar-refractivity contribution is -0.120. The SMILES string of the molecule is CCCCCCN1C(=O)C(c2cccc(CC)c2)Cc2ccccc21. The van der Waals surface area contributed by atoms with Crippen LogP contribution in [0, 0.1) is 0 Å². The minimum Gasteiger partial charge on any atom is -0.312 e. The van der Waals surface area contributed by atoms with Gasteiger partial charge in [0.2, 0.25) is 5.91 Å². The average molecular weight is 335 g/mol. The molecular weight excluding hydrogens is 306 g/mol. The van der Waals surface area contributed by atoms with Gasteiger partial charge >= 0.3 is 0 Å². The number of nitrogens with zero attached hydrogens (tertiary/aromatic N) is 1. The van der Waals surface area contributed by atoms with Gasteiger partial charge in [-0.3, -0.25) is 4.79 Å². The molecule has 1 heterocycles. The van der Waals surface area contributed by atoms with Gasteiger partial charge in [0.1, 0.15) is 0 Å². The van der Waals surface area contributed by atoms with Crippen molar-refractivity contribution in [1.82, 2.24) is 0 Å². The maximum atomic E-state index is 13.3. The normalized spacial score (nSPS) is 16.8. The van der Waals surface area contributed by atoms with Crippen LogP contribution in [0.15, 0.2) is 48.5 Å². The van der Waals surface area contributed by atoms with E-state index in [1.54, 1.807) is 0 Å². The number of fused-ring (bicyclic) bond motifs is 1. The molecule has 2 heteroatoms. The molecule has 2 nitrogen and oxygen atoms in total. The zero-order valence-corrected chi connectivity index (χ0v) is 15.5. The van der Waals surface area contributed by atoms with Crippen molar-refractivity contribution < 1.29 is 4.79 Å². The summed E-state index contributed by atoms with van der Waals surface area (Å²) in [5.74, 6) is 0.219. The molecule has 2 aromatic carbocycles. The third kappa shape index (κ3) is 3.95. The van der Waals surface area contributed by atoms with E-state index in [2.05, 4.69) is 56.3 Å². The first-order valence-corrected chi connectivity index (χ1v) is 9.72. The number of carbonyl (C=O) groups excluding carboxylic acids is 1. The van der Waals surface area contributed by atoms with Crippen molar-refractivity contribution in [2.75, 3.05) is 11.4 Å². The highest BCUT2D eigenvalue weighted by Crippen LogP contribution is 2.36. The van der Waals surface area contributed by atoms with Crippen LogP contribution in [0.4, 0.5) is 5.69 Å². The van der Waals surface area contributed by atoms with Gasteiger partial charge in [0.15, 0.2) is 0 Å². The Labute approximate surface area is 151 Å². The van der Waals surface area contributed by atoms with Gasteiger partial charge in [-0.15, -0.1) is 0 Å². The van der Waals surface area contributed by atoms with Crippen LogP contribution in [0.25, 0.3) is 0 Å². The molecule has 1 aliphatic rings. The van der Waals surface area contributed by atoms with E-state index in [0.717, 1.165) is 37.1 Å². The van der Waals surface area contributed by atoms with Gasteiger partial charge in [-0.1, -0.05) is 75.6 Å². The maximum absolute atomic E-state index is 13.3. The van der Waals surface area contributed by atoms with Gasteiger partial charge in [0.25, 0.3) is 0 Å². The number of aryl methyl sites for hydroxylation is 1. The molecule has 0 aromatic heterocycles. The number of anilines is 1. The summed E-state index contributed by atoms with van der Waals surface area (Å²) in [6.45, 7) is 5.22. The summed E-state index contributed by atoms with van der Waals surface area (Å²) < 4.78 is 0. The van der Waals surface area contributed by atoms with E-state index in [1.807, 2.05) is 11.0 Å². The fourth-order valence-electron chi connectivity index (χ4n) is 3.78. The number of hydrogen-bond donors (Lipinski definition) is 0. The Morgan fingerprint density at radius 1 is 1.00 bits per heavy atom. The van der Waals surface area contributed by atoms with Crippen LogP contribution in [-0.4, -0.2) is 12.5 Å².